The lowest BCUT2D eigenvalue weighted by atomic mass is 10.3. The smallest absolute Gasteiger partial charge is 0.214 e. The standard InChI is InChI=1S/C12H25N3O2S/c16-18(17,12-4-1-2-5-12)14-6-3-9-15-10-7-13-8-11-15/h12-14H,1-11H2. The Morgan fingerprint density at radius 2 is 1.83 bits per heavy atom. The van der Waals surface area contributed by atoms with Gasteiger partial charge in [-0.25, -0.2) is 13.1 Å². The number of hydrogen-bond acceptors (Lipinski definition) is 4. The van der Waals surface area contributed by atoms with Crippen molar-refractivity contribution in [1.29, 1.82) is 0 Å². The molecule has 1 saturated heterocycles. The minimum atomic E-state index is -3.04. The van der Waals surface area contributed by atoms with Crippen LogP contribution in [0.3, 0.4) is 0 Å². The SMILES string of the molecule is O=S(=O)(NCCCN1CCNCC1)C1CCCC1. The molecule has 0 amide bonds. The zero-order valence-electron chi connectivity index (χ0n) is 11.0. The van der Waals surface area contributed by atoms with Gasteiger partial charge in [0.05, 0.1) is 5.25 Å². The first kappa shape index (κ1) is 14.2. The molecule has 0 spiro atoms. The van der Waals surface area contributed by atoms with E-state index in [1.165, 1.54) is 0 Å². The number of nitrogens with one attached hydrogen (secondary N) is 2. The van der Waals surface area contributed by atoms with E-state index in [0.717, 1.165) is 64.8 Å². The summed E-state index contributed by atoms with van der Waals surface area (Å²) in [6.07, 6.45) is 4.71. The Bertz CT molecular complexity index is 333. The summed E-state index contributed by atoms with van der Waals surface area (Å²) in [5.41, 5.74) is 0. The van der Waals surface area contributed by atoms with Crippen molar-refractivity contribution >= 4 is 10.0 Å². The predicted molar refractivity (Wildman–Crippen MR) is 73.1 cm³/mol. The number of piperazine rings is 1. The van der Waals surface area contributed by atoms with Gasteiger partial charge in [-0.1, -0.05) is 12.8 Å². The van der Waals surface area contributed by atoms with Crippen LogP contribution in [0.25, 0.3) is 0 Å². The Morgan fingerprint density at radius 1 is 1.17 bits per heavy atom. The minimum absolute atomic E-state index is 0.128. The van der Waals surface area contributed by atoms with Gasteiger partial charge >= 0.3 is 0 Å². The van der Waals surface area contributed by atoms with Gasteiger partial charge in [-0.15, -0.1) is 0 Å². The van der Waals surface area contributed by atoms with E-state index in [1.807, 2.05) is 0 Å². The number of nitrogens with zero attached hydrogens (tertiary/aromatic N) is 1. The normalized spacial score (nSPS) is 23.6. The van der Waals surface area contributed by atoms with Crippen LogP contribution >= 0.6 is 0 Å². The fraction of sp³-hybridized carbons (Fsp3) is 1.00. The summed E-state index contributed by atoms with van der Waals surface area (Å²) >= 11 is 0. The third kappa shape index (κ3) is 4.19. The molecule has 0 aromatic rings. The highest BCUT2D eigenvalue weighted by Crippen LogP contribution is 2.23. The highest BCUT2D eigenvalue weighted by atomic mass is 32.2. The number of rotatable bonds is 6. The van der Waals surface area contributed by atoms with E-state index in [0.29, 0.717) is 6.54 Å². The van der Waals surface area contributed by atoms with Gasteiger partial charge < -0.3 is 10.2 Å². The molecular weight excluding hydrogens is 250 g/mol. The highest BCUT2D eigenvalue weighted by Gasteiger charge is 2.27. The second kappa shape index (κ2) is 6.84. The van der Waals surface area contributed by atoms with Gasteiger partial charge in [0.15, 0.2) is 0 Å². The largest absolute Gasteiger partial charge is 0.314 e. The Kier molecular flexibility index (Phi) is 5.41. The van der Waals surface area contributed by atoms with E-state index >= 15 is 0 Å². The van der Waals surface area contributed by atoms with Crippen LogP contribution in [0.4, 0.5) is 0 Å². The maximum Gasteiger partial charge on any atom is 0.214 e. The molecule has 2 fully saturated rings. The first-order valence-corrected chi connectivity index (χ1v) is 8.65. The van der Waals surface area contributed by atoms with Crippen LogP contribution in [0.1, 0.15) is 32.1 Å². The molecule has 1 aliphatic carbocycles. The fourth-order valence-corrected chi connectivity index (χ4v) is 4.39. The van der Waals surface area contributed by atoms with Crippen LogP contribution < -0.4 is 10.0 Å². The van der Waals surface area contributed by atoms with Gasteiger partial charge in [-0.2, -0.15) is 0 Å². The summed E-state index contributed by atoms with van der Waals surface area (Å²) in [5.74, 6) is 0. The topological polar surface area (TPSA) is 61.4 Å². The molecule has 106 valence electrons. The van der Waals surface area contributed by atoms with Crippen molar-refractivity contribution < 1.29 is 8.42 Å². The molecule has 1 aliphatic heterocycles. The molecule has 2 rings (SSSR count). The van der Waals surface area contributed by atoms with E-state index in [9.17, 15) is 8.42 Å². The predicted octanol–water partition coefficient (Wildman–Crippen LogP) is 0.144. The quantitative estimate of drug-likeness (QED) is 0.677. The van der Waals surface area contributed by atoms with E-state index < -0.39 is 10.0 Å². The molecular formula is C12H25N3O2S. The van der Waals surface area contributed by atoms with Crippen molar-refractivity contribution in [2.45, 2.75) is 37.4 Å². The van der Waals surface area contributed by atoms with Crippen molar-refractivity contribution in [2.75, 3.05) is 39.3 Å². The summed E-state index contributed by atoms with van der Waals surface area (Å²) in [6, 6.07) is 0. The molecule has 2 aliphatic rings. The van der Waals surface area contributed by atoms with Gasteiger partial charge in [-0.3, -0.25) is 0 Å². The highest BCUT2D eigenvalue weighted by molar-refractivity contribution is 7.90. The van der Waals surface area contributed by atoms with Crippen LogP contribution in [-0.4, -0.2) is 57.8 Å². The Hall–Kier alpha value is -0.170. The molecule has 0 unspecified atom stereocenters. The zero-order chi connectivity index (χ0) is 12.8. The van der Waals surface area contributed by atoms with E-state index in [4.69, 9.17) is 0 Å². The molecule has 0 aromatic carbocycles. The molecule has 0 atom stereocenters. The molecule has 2 N–H and O–H groups in total. The Labute approximate surface area is 110 Å². The molecule has 0 bridgehead atoms. The molecule has 0 aromatic heterocycles. The van der Waals surface area contributed by atoms with Crippen LogP contribution in [0, 0.1) is 0 Å². The number of sulfonamides is 1. The minimum Gasteiger partial charge on any atom is -0.314 e. The summed E-state index contributed by atoms with van der Waals surface area (Å²) in [7, 11) is -3.04. The molecule has 6 heteroatoms. The van der Waals surface area contributed by atoms with Crippen molar-refractivity contribution in [3.8, 4) is 0 Å². The van der Waals surface area contributed by atoms with Crippen molar-refractivity contribution in [2.24, 2.45) is 0 Å². The van der Waals surface area contributed by atoms with E-state index in [2.05, 4.69) is 14.9 Å². The van der Waals surface area contributed by atoms with Gasteiger partial charge in [0.2, 0.25) is 10.0 Å². The van der Waals surface area contributed by atoms with Crippen LogP contribution in [0.5, 0.6) is 0 Å². The second-order valence-electron chi connectivity index (χ2n) is 5.29. The second-order valence-corrected chi connectivity index (χ2v) is 7.34. The fourth-order valence-electron chi connectivity index (χ4n) is 2.77. The molecule has 0 radical (unpaired) electrons. The van der Waals surface area contributed by atoms with Crippen LogP contribution in [0.2, 0.25) is 0 Å². The summed E-state index contributed by atoms with van der Waals surface area (Å²) in [4.78, 5) is 2.39. The lowest BCUT2D eigenvalue weighted by molar-refractivity contribution is 0.239. The summed E-state index contributed by atoms with van der Waals surface area (Å²) in [6.45, 7) is 5.84. The average molecular weight is 275 g/mol. The van der Waals surface area contributed by atoms with Crippen molar-refractivity contribution in [3.05, 3.63) is 0 Å². The van der Waals surface area contributed by atoms with E-state index in [-0.39, 0.29) is 5.25 Å². The first-order valence-electron chi connectivity index (χ1n) is 7.10. The van der Waals surface area contributed by atoms with Crippen LogP contribution in [-0.2, 0) is 10.0 Å². The maximum atomic E-state index is 11.9. The first-order chi connectivity index (χ1) is 8.68. The monoisotopic (exact) mass is 275 g/mol. The van der Waals surface area contributed by atoms with Gasteiger partial charge in [-0.05, 0) is 25.8 Å². The lowest BCUT2D eigenvalue weighted by Gasteiger charge is -2.27. The van der Waals surface area contributed by atoms with Crippen molar-refractivity contribution in [1.82, 2.24) is 14.9 Å². The molecule has 5 nitrogen and oxygen atoms in total. The van der Waals surface area contributed by atoms with Crippen LogP contribution in [0.15, 0.2) is 0 Å². The van der Waals surface area contributed by atoms with Gasteiger partial charge in [0.25, 0.3) is 0 Å². The Morgan fingerprint density at radius 3 is 2.50 bits per heavy atom. The summed E-state index contributed by atoms with van der Waals surface area (Å²) in [5, 5.41) is 3.19. The number of hydrogen-bond donors (Lipinski definition) is 2. The molecule has 18 heavy (non-hydrogen) atoms. The lowest BCUT2D eigenvalue weighted by Crippen LogP contribution is -2.44. The zero-order valence-corrected chi connectivity index (χ0v) is 11.8. The molecule has 1 saturated carbocycles. The van der Waals surface area contributed by atoms with Crippen molar-refractivity contribution in [3.63, 3.8) is 0 Å². The van der Waals surface area contributed by atoms with Gasteiger partial charge in [0.1, 0.15) is 0 Å². The third-order valence-corrected chi connectivity index (χ3v) is 5.86. The molecule has 1 heterocycles. The Balaban J connectivity index is 1.62. The third-order valence-electron chi connectivity index (χ3n) is 3.91. The van der Waals surface area contributed by atoms with Gasteiger partial charge in [0, 0.05) is 32.7 Å². The van der Waals surface area contributed by atoms with E-state index in [1.54, 1.807) is 0 Å². The average Bonchev–Trinajstić information content (AvgIpc) is 2.91. The summed E-state index contributed by atoms with van der Waals surface area (Å²) < 4.78 is 26.7. The maximum absolute atomic E-state index is 11.9.